The summed E-state index contributed by atoms with van der Waals surface area (Å²) in [5.74, 6) is -0.0911. The van der Waals surface area contributed by atoms with E-state index in [9.17, 15) is 14.4 Å². The Hall–Kier alpha value is -6.08. The number of nitrogens with zero attached hydrogens (tertiary/aromatic N) is 7. The zero-order valence-electron chi connectivity index (χ0n) is 33.0. The standard InChI is InChI=1S/C44H47N9O4/c1-26-19-32(10-11-33(26)22-46-42(56)40-50-43(57-51-40)44(3,4)5)39-36-20-34(24-53(36)48-25-47-39)38-27(2)18-28(21-45-38)23-52-16-14-30(15-17-52)29-6-8-31(9-7-29)35-12-13-37(54)49-41(35)55/h6-11,18-21,24-25,30,35H,12-17,22-23H2,1-5H3,(H,46,56)(H,49,54,55). The van der Waals surface area contributed by atoms with E-state index in [0.29, 0.717) is 31.2 Å². The van der Waals surface area contributed by atoms with Crippen LogP contribution in [0.25, 0.3) is 28.0 Å². The fraction of sp³-hybridized carbons (Fsp3) is 0.364. The van der Waals surface area contributed by atoms with Crippen molar-refractivity contribution in [3.8, 4) is 22.5 Å². The molecule has 1 atom stereocenters. The van der Waals surface area contributed by atoms with E-state index in [1.807, 2.05) is 56.7 Å². The lowest BCUT2D eigenvalue weighted by molar-refractivity contribution is -0.134. The van der Waals surface area contributed by atoms with Gasteiger partial charge in [0.05, 0.1) is 22.8 Å². The van der Waals surface area contributed by atoms with E-state index in [4.69, 9.17) is 9.51 Å². The van der Waals surface area contributed by atoms with Crippen LogP contribution in [0.4, 0.5) is 0 Å². The van der Waals surface area contributed by atoms with Crippen LogP contribution in [0.3, 0.4) is 0 Å². The Balaban J connectivity index is 0.891. The number of nitrogens with one attached hydrogen (secondary N) is 2. The number of aryl methyl sites for hydroxylation is 2. The van der Waals surface area contributed by atoms with Crippen LogP contribution in [-0.4, -0.2) is 65.4 Å². The predicted molar refractivity (Wildman–Crippen MR) is 214 cm³/mol. The fourth-order valence-corrected chi connectivity index (χ4v) is 7.91. The molecule has 0 bridgehead atoms. The molecular formula is C44H47N9O4. The van der Waals surface area contributed by atoms with Crippen molar-refractivity contribution in [3.05, 3.63) is 118 Å². The molecule has 0 aliphatic carbocycles. The van der Waals surface area contributed by atoms with Gasteiger partial charge in [-0.2, -0.15) is 10.1 Å². The molecule has 2 aromatic carbocycles. The maximum absolute atomic E-state index is 12.7. The highest BCUT2D eigenvalue weighted by Crippen LogP contribution is 2.33. The first-order valence-electron chi connectivity index (χ1n) is 19.6. The molecule has 6 aromatic rings. The van der Waals surface area contributed by atoms with Gasteiger partial charge in [0.2, 0.25) is 17.7 Å². The van der Waals surface area contributed by atoms with E-state index in [2.05, 4.69) is 85.1 Å². The van der Waals surface area contributed by atoms with Crippen molar-refractivity contribution in [2.45, 2.75) is 90.6 Å². The van der Waals surface area contributed by atoms with Crippen molar-refractivity contribution < 1.29 is 18.9 Å². The summed E-state index contributed by atoms with van der Waals surface area (Å²) in [7, 11) is 0. The second-order valence-corrected chi connectivity index (χ2v) is 16.4. The normalized spacial score (nSPS) is 16.9. The minimum absolute atomic E-state index is 0.0203. The molecule has 0 spiro atoms. The van der Waals surface area contributed by atoms with E-state index >= 15 is 0 Å². The van der Waals surface area contributed by atoms with Gasteiger partial charge in [-0.05, 0) is 97.6 Å². The summed E-state index contributed by atoms with van der Waals surface area (Å²) in [6.45, 7) is 13.1. The molecule has 3 amide bonds. The maximum Gasteiger partial charge on any atom is 0.292 e. The number of rotatable bonds is 9. The van der Waals surface area contributed by atoms with Gasteiger partial charge in [0.1, 0.15) is 6.33 Å². The Morgan fingerprint density at radius 3 is 2.39 bits per heavy atom. The van der Waals surface area contributed by atoms with Gasteiger partial charge in [0.15, 0.2) is 0 Å². The number of amides is 3. The summed E-state index contributed by atoms with van der Waals surface area (Å²) >= 11 is 0. The molecule has 57 heavy (non-hydrogen) atoms. The summed E-state index contributed by atoms with van der Waals surface area (Å²) in [5, 5.41) is 13.7. The Kier molecular flexibility index (Phi) is 10.3. The molecule has 2 N–H and O–H groups in total. The van der Waals surface area contributed by atoms with Crippen LogP contribution in [0.2, 0.25) is 0 Å². The zero-order valence-corrected chi connectivity index (χ0v) is 33.0. The number of carbonyl (C=O) groups is 3. The number of aromatic nitrogens is 6. The lowest BCUT2D eigenvalue weighted by Gasteiger charge is -2.32. The molecule has 6 heterocycles. The van der Waals surface area contributed by atoms with E-state index in [1.54, 1.807) is 6.33 Å². The quantitative estimate of drug-likeness (QED) is 0.154. The van der Waals surface area contributed by atoms with Gasteiger partial charge in [-0.3, -0.25) is 29.6 Å². The molecule has 292 valence electrons. The molecule has 0 radical (unpaired) electrons. The van der Waals surface area contributed by atoms with Gasteiger partial charge < -0.3 is 9.84 Å². The Morgan fingerprint density at radius 2 is 1.68 bits per heavy atom. The first-order chi connectivity index (χ1) is 27.4. The van der Waals surface area contributed by atoms with Gasteiger partial charge >= 0.3 is 0 Å². The number of hydrogen-bond donors (Lipinski definition) is 2. The van der Waals surface area contributed by atoms with Crippen LogP contribution >= 0.6 is 0 Å². The van der Waals surface area contributed by atoms with E-state index in [0.717, 1.165) is 82.8 Å². The minimum Gasteiger partial charge on any atom is -0.345 e. The van der Waals surface area contributed by atoms with Crippen LogP contribution in [0.1, 0.15) is 108 Å². The molecule has 8 rings (SSSR count). The highest BCUT2D eigenvalue weighted by Gasteiger charge is 2.29. The highest BCUT2D eigenvalue weighted by atomic mass is 16.5. The molecule has 2 saturated heterocycles. The summed E-state index contributed by atoms with van der Waals surface area (Å²) in [4.78, 5) is 53.0. The van der Waals surface area contributed by atoms with Crippen molar-refractivity contribution in [2.24, 2.45) is 0 Å². The van der Waals surface area contributed by atoms with Crippen molar-refractivity contribution in [2.75, 3.05) is 13.1 Å². The van der Waals surface area contributed by atoms with Gasteiger partial charge in [-0.1, -0.05) is 68.4 Å². The smallest absolute Gasteiger partial charge is 0.292 e. The van der Waals surface area contributed by atoms with Crippen molar-refractivity contribution in [3.63, 3.8) is 0 Å². The van der Waals surface area contributed by atoms with Crippen molar-refractivity contribution >= 4 is 23.2 Å². The highest BCUT2D eigenvalue weighted by molar-refractivity contribution is 6.01. The van der Waals surface area contributed by atoms with Crippen LogP contribution in [0, 0.1) is 13.8 Å². The van der Waals surface area contributed by atoms with Crippen LogP contribution < -0.4 is 10.6 Å². The van der Waals surface area contributed by atoms with Crippen LogP contribution in [0.5, 0.6) is 0 Å². The van der Waals surface area contributed by atoms with E-state index < -0.39 is 0 Å². The molecule has 2 aliphatic heterocycles. The molecule has 2 aliphatic rings. The third kappa shape index (κ3) is 8.11. The van der Waals surface area contributed by atoms with Gasteiger partial charge in [-0.25, -0.2) is 9.50 Å². The third-order valence-corrected chi connectivity index (χ3v) is 11.2. The summed E-state index contributed by atoms with van der Waals surface area (Å²) in [5.41, 5.74) is 10.7. The lowest BCUT2D eigenvalue weighted by Crippen LogP contribution is -2.39. The Morgan fingerprint density at radius 1 is 0.912 bits per heavy atom. The Bertz CT molecular complexity index is 2470. The number of pyridine rings is 1. The largest absolute Gasteiger partial charge is 0.345 e. The lowest BCUT2D eigenvalue weighted by atomic mass is 9.86. The average Bonchev–Trinajstić information content (AvgIpc) is 3.87. The number of carbonyl (C=O) groups excluding carboxylic acids is 3. The first-order valence-corrected chi connectivity index (χ1v) is 19.6. The Labute approximate surface area is 331 Å². The predicted octanol–water partition coefficient (Wildman–Crippen LogP) is 6.59. The molecule has 2 fully saturated rings. The number of likely N-dealkylation sites (tertiary alicyclic amines) is 1. The van der Waals surface area contributed by atoms with Crippen molar-refractivity contribution in [1.82, 2.24) is 45.3 Å². The second-order valence-electron chi connectivity index (χ2n) is 16.4. The third-order valence-electron chi connectivity index (χ3n) is 11.2. The van der Waals surface area contributed by atoms with Gasteiger partial charge in [0, 0.05) is 48.4 Å². The number of fused-ring (bicyclic) bond motifs is 1. The number of piperidine rings is 2. The van der Waals surface area contributed by atoms with Crippen LogP contribution in [-0.2, 0) is 28.1 Å². The van der Waals surface area contributed by atoms with Gasteiger partial charge in [0.25, 0.3) is 11.7 Å². The van der Waals surface area contributed by atoms with Gasteiger partial charge in [-0.15, -0.1) is 0 Å². The molecule has 13 heteroatoms. The zero-order chi connectivity index (χ0) is 39.8. The average molecular weight is 766 g/mol. The SMILES string of the molecule is Cc1cc(-c2ncnn3cc(-c4ncc(CN5CCC(c6ccc(C7CCC(=O)NC7=O)cc6)CC5)cc4C)cc23)ccc1CNC(=O)c1noc(C(C)(C)C)n1. The maximum atomic E-state index is 12.7. The first kappa shape index (κ1) is 37.8. The monoisotopic (exact) mass is 765 g/mol. The molecular weight excluding hydrogens is 719 g/mol. The fourth-order valence-electron chi connectivity index (χ4n) is 7.91. The minimum atomic E-state index is -0.387. The van der Waals surface area contributed by atoms with Crippen LogP contribution in [0.15, 0.2) is 77.8 Å². The molecule has 0 saturated carbocycles. The topological polar surface area (TPSA) is 161 Å². The number of hydrogen-bond acceptors (Lipinski definition) is 10. The molecule has 13 nitrogen and oxygen atoms in total. The summed E-state index contributed by atoms with van der Waals surface area (Å²) in [6.07, 6.45) is 8.65. The number of benzene rings is 2. The second kappa shape index (κ2) is 15.5. The molecule has 1 unspecified atom stereocenters. The van der Waals surface area contributed by atoms with Crippen molar-refractivity contribution in [1.29, 1.82) is 0 Å². The number of imide groups is 1. The van der Waals surface area contributed by atoms with E-state index in [1.165, 1.54) is 11.1 Å². The summed E-state index contributed by atoms with van der Waals surface area (Å²) < 4.78 is 7.12. The summed E-state index contributed by atoms with van der Waals surface area (Å²) in [6, 6.07) is 18.9. The van der Waals surface area contributed by atoms with E-state index in [-0.39, 0.29) is 34.9 Å². The molecule has 4 aromatic heterocycles.